The van der Waals surface area contributed by atoms with Gasteiger partial charge in [-0.05, 0) is 53.2 Å². The third-order valence-corrected chi connectivity index (χ3v) is 4.63. The zero-order valence-corrected chi connectivity index (χ0v) is 16.0. The van der Waals surface area contributed by atoms with Gasteiger partial charge in [-0.15, -0.1) is 5.10 Å². The maximum absolute atomic E-state index is 12.6. The first-order valence-corrected chi connectivity index (χ1v) is 8.92. The highest BCUT2D eigenvalue weighted by Crippen LogP contribution is 2.21. The summed E-state index contributed by atoms with van der Waals surface area (Å²) in [6.45, 7) is 2.63. The number of halogens is 1. The number of rotatable bonds is 5. The first-order valence-electron chi connectivity index (χ1n) is 8.12. The Hall–Kier alpha value is -2.74. The van der Waals surface area contributed by atoms with Crippen molar-refractivity contribution in [3.63, 3.8) is 0 Å². The predicted molar refractivity (Wildman–Crippen MR) is 103 cm³/mol. The van der Waals surface area contributed by atoms with Gasteiger partial charge >= 0.3 is 0 Å². The minimum atomic E-state index is -0.272. The summed E-state index contributed by atoms with van der Waals surface area (Å²) in [7, 11) is 1.59. The lowest BCUT2D eigenvalue weighted by Crippen LogP contribution is -2.35. The molecule has 0 spiro atoms. The van der Waals surface area contributed by atoms with Gasteiger partial charge in [0.1, 0.15) is 5.52 Å². The predicted octanol–water partition coefficient (Wildman–Crippen LogP) is 2.92. The summed E-state index contributed by atoms with van der Waals surface area (Å²) in [5, 5.41) is 10.9. The fraction of sp³-hybridized carbons (Fsp3) is 0.222. The number of aryl methyl sites for hydroxylation is 1. The lowest BCUT2D eigenvalue weighted by Gasteiger charge is -2.17. The molecule has 0 aliphatic heterocycles. The van der Waals surface area contributed by atoms with Crippen LogP contribution in [-0.2, 0) is 11.3 Å². The zero-order chi connectivity index (χ0) is 18.7. The molecule has 0 aliphatic rings. The summed E-state index contributed by atoms with van der Waals surface area (Å²) in [4.78, 5) is 26.2. The molecule has 1 aromatic heterocycles. The molecule has 0 bridgehead atoms. The van der Waals surface area contributed by atoms with Crippen LogP contribution in [0.1, 0.15) is 17.3 Å². The summed E-state index contributed by atoms with van der Waals surface area (Å²) in [6, 6.07) is 12.6. The zero-order valence-electron chi connectivity index (χ0n) is 14.4. The van der Waals surface area contributed by atoms with Gasteiger partial charge in [0, 0.05) is 23.6 Å². The Balaban J connectivity index is 1.69. The highest BCUT2D eigenvalue weighted by atomic mass is 79.9. The molecule has 0 saturated carbocycles. The number of hydrogen-bond acceptors (Lipinski definition) is 4. The molecule has 2 aromatic carbocycles. The third kappa shape index (κ3) is 3.75. The van der Waals surface area contributed by atoms with Crippen LogP contribution in [0.15, 0.2) is 46.9 Å². The fourth-order valence-electron chi connectivity index (χ4n) is 2.60. The van der Waals surface area contributed by atoms with Crippen LogP contribution in [0.2, 0.25) is 0 Å². The largest absolute Gasteiger partial charge is 0.332 e. The van der Waals surface area contributed by atoms with Crippen molar-refractivity contribution < 1.29 is 9.59 Å². The second-order valence-corrected chi connectivity index (χ2v) is 6.65. The molecule has 0 radical (unpaired) electrons. The molecule has 134 valence electrons. The Morgan fingerprint density at radius 2 is 2.00 bits per heavy atom. The van der Waals surface area contributed by atoms with E-state index in [1.54, 1.807) is 29.9 Å². The van der Waals surface area contributed by atoms with E-state index in [0.29, 0.717) is 23.3 Å². The molecule has 26 heavy (non-hydrogen) atoms. The lowest BCUT2D eigenvalue weighted by atomic mass is 10.1. The van der Waals surface area contributed by atoms with E-state index in [9.17, 15) is 9.59 Å². The van der Waals surface area contributed by atoms with Crippen molar-refractivity contribution >= 4 is 44.5 Å². The number of benzene rings is 2. The highest BCUT2D eigenvalue weighted by Gasteiger charge is 2.17. The number of anilines is 1. The van der Waals surface area contributed by atoms with E-state index < -0.39 is 0 Å². The molecule has 0 saturated heterocycles. The summed E-state index contributed by atoms with van der Waals surface area (Å²) < 4.78 is 2.55. The van der Waals surface area contributed by atoms with Crippen LogP contribution in [0.4, 0.5) is 5.69 Å². The molecule has 7 nitrogen and oxygen atoms in total. The van der Waals surface area contributed by atoms with Crippen LogP contribution >= 0.6 is 15.9 Å². The minimum Gasteiger partial charge on any atom is -0.332 e. The summed E-state index contributed by atoms with van der Waals surface area (Å²) >= 11 is 3.38. The van der Waals surface area contributed by atoms with Gasteiger partial charge < -0.3 is 10.2 Å². The molecule has 8 heteroatoms. The van der Waals surface area contributed by atoms with Crippen molar-refractivity contribution in [1.29, 1.82) is 0 Å². The van der Waals surface area contributed by atoms with Crippen LogP contribution in [0.3, 0.4) is 0 Å². The van der Waals surface area contributed by atoms with Crippen LogP contribution < -0.4 is 5.32 Å². The number of likely N-dealkylation sites (N-methyl/N-ethyl adjacent to an activating group) is 1. The van der Waals surface area contributed by atoms with Crippen molar-refractivity contribution in [2.75, 3.05) is 18.9 Å². The van der Waals surface area contributed by atoms with E-state index in [0.717, 1.165) is 9.99 Å². The molecule has 0 aliphatic carbocycles. The first-order chi connectivity index (χ1) is 12.5. The van der Waals surface area contributed by atoms with Crippen molar-refractivity contribution in [3.05, 3.63) is 52.5 Å². The van der Waals surface area contributed by atoms with Gasteiger partial charge in [-0.25, -0.2) is 4.68 Å². The minimum absolute atomic E-state index is 0.0557. The number of carbonyl (C=O) groups is 2. The van der Waals surface area contributed by atoms with Gasteiger partial charge in [0.05, 0.1) is 17.7 Å². The van der Waals surface area contributed by atoms with Gasteiger partial charge in [0.15, 0.2) is 0 Å². The van der Waals surface area contributed by atoms with Crippen LogP contribution in [0.25, 0.3) is 11.0 Å². The number of fused-ring (bicyclic) bond motifs is 1. The first kappa shape index (κ1) is 18.1. The number of aromatic nitrogens is 3. The molecular formula is C18H18BrN5O2. The number of carbonyl (C=O) groups excluding carboxylic acids is 2. The fourth-order valence-corrected chi connectivity index (χ4v) is 2.98. The van der Waals surface area contributed by atoms with E-state index in [1.807, 2.05) is 31.2 Å². The van der Waals surface area contributed by atoms with Crippen molar-refractivity contribution in [3.8, 4) is 0 Å². The molecule has 0 fully saturated rings. The average molecular weight is 416 g/mol. The quantitative estimate of drug-likeness (QED) is 0.694. The van der Waals surface area contributed by atoms with Gasteiger partial charge in [-0.3, -0.25) is 9.59 Å². The SMILES string of the molecule is CCn1nnc2cc(C(=O)N(C)CC(=O)Nc3ccccc3Br)ccc21. The summed E-state index contributed by atoms with van der Waals surface area (Å²) in [5.74, 6) is -0.522. The maximum Gasteiger partial charge on any atom is 0.254 e. The average Bonchev–Trinajstić information content (AvgIpc) is 3.05. The highest BCUT2D eigenvalue weighted by molar-refractivity contribution is 9.10. The molecule has 2 amide bonds. The van der Waals surface area contributed by atoms with Crippen LogP contribution in [0.5, 0.6) is 0 Å². The maximum atomic E-state index is 12.6. The number of hydrogen-bond donors (Lipinski definition) is 1. The van der Waals surface area contributed by atoms with Gasteiger partial charge in [-0.2, -0.15) is 0 Å². The Kier molecular flexibility index (Phi) is 5.32. The van der Waals surface area contributed by atoms with Crippen molar-refractivity contribution in [2.45, 2.75) is 13.5 Å². The smallest absolute Gasteiger partial charge is 0.254 e. The Morgan fingerprint density at radius 3 is 2.73 bits per heavy atom. The van der Waals surface area contributed by atoms with Gasteiger partial charge in [0.2, 0.25) is 5.91 Å². The lowest BCUT2D eigenvalue weighted by molar-refractivity contribution is -0.116. The van der Waals surface area contributed by atoms with Gasteiger partial charge in [0.25, 0.3) is 5.91 Å². The molecule has 3 aromatic rings. The molecular weight excluding hydrogens is 398 g/mol. The summed E-state index contributed by atoms with van der Waals surface area (Å²) in [6.07, 6.45) is 0. The standard InChI is InChI=1S/C18H18BrN5O2/c1-3-24-16-9-8-12(10-15(16)21-22-24)18(26)23(2)11-17(25)20-14-7-5-4-6-13(14)19/h4-10H,3,11H2,1-2H3,(H,20,25). The van der Waals surface area contributed by atoms with Crippen molar-refractivity contribution in [2.24, 2.45) is 0 Å². The molecule has 3 rings (SSSR count). The number of amides is 2. The number of para-hydroxylation sites is 1. The monoisotopic (exact) mass is 415 g/mol. The van der Waals surface area contributed by atoms with E-state index in [4.69, 9.17) is 0 Å². The Labute approximate surface area is 159 Å². The second kappa shape index (κ2) is 7.65. The van der Waals surface area contributed by atoms with E-state index in [1.165, 1.54) is 4.90 Å². The Bertz CT molecular complexity index is 969. The van der Waals surface area contributed by atoms with Crippen molar-refractivity contribution in [1.82, 2.24) is 19.9 Å². The normalized spacial score (nSPS) is 10.7. The number of nitrogens with one attached hydrogen (secondary N) is 1. The number of nitrogens with zero attached hydrogens (tertiary/aromatic N) is 4. The molecule has 0 unspecified atom stereocenters. The molecule has 0 atom stereocenters. The third-order valence-electron chi connectivity index (χ3n) is 3.94. The van der Waals surface area contributed by atoms with Gasteiger partial charge in [-0.1, -0.05) is 17.3 Å². The summed E-state index contributed by atoms with van der Waals surface area (Å²) in [5.41, 5.74) is 2.66. The Morgan fingerprint density at radius 1 is 1.23 bits per heavy atom. The van der Waals surface area contributed by atoms with E-state index >= 15 is 0 Å². The van der Waals surface area contributed by atoms with E-state index in [2.05, 4.69) is 31.6 Å². The van der Waals surface area contributed by atoms with E-state index in [-0.39, 0.29) is 18.4 Å². The molecule has 1 N–H and O–H groups in total. The second-order valence-electron chi connectivity index (χ2n) is 5.80. The molecule has 1 heterocycles. The van der Waals surface area contributed by atoms with Crippen LogP contribution in [-0.4, -0.2) is 45.3 Å². The van der Waals surface area contributed by atoms with Crippen LogP contribution in [0, 0.1) is 0 Å². The topological polar surface area (TPSA) is 80.1 Å².